The summed E-state index contributed by atoms with van der Waals surface area (Å²) >= 11 is 0. The maximum Gasteiger partial charge on any atom is 0.310 e. The summed E-state index contributed by atoms with van der Waals surface area (Å²) in [6.07, 6.45) is 0.502. The molecule has 0 unspecified atom stereocenters. The first-order valence-electron chi connectivity index (χ1n) is 10.0. The molecule has 158 valence electrons. The molecule has 1 saturated heterocycles. The lowest BCUT2D eigenvalue weighted by molar-refractivity contribution is -0.152. The van der Waals surface area contributed by atoms with E-state index in [2.05, 4.69) is 0 Å². The number of hydrogen-bond donors (Lipinski definition) is 2. The second kappa shape index (κ2) is 7.72. The highest BCUT2D eigenvalue weighted by Gasteiger charge is 2.55. The van der Waals surface area contributed by atoms with Crippen LogP contribution in [0.25, 0.3) is 0 Å². The maximum atomic E-state index is 12.6. The monoisotopic (exact) mass is 412 g/mol. The van der Waals surface area contributed by atoms with Crippen LogP contribution >= 0.6 is 0 Å². The van der Waals surface area contributed by atoms with Gasteiger partial charge in [-0.05, 0) is 36.3 Å². The third kappa shape index (κ3) is 3.43. The van der Waals surface area contributed by atoms with Crippen LogP contribution in [-0.4, -0.2) is 46.7 Å². The molecule has 1 heterocycles. The molecule has 1 fully saturated rings. The van der Waals surface area contributed by atoms with Gasteiger partial charge in [0.05, 0.1) is 18.9 Å². The number of aromatic hydroxyl groups is 1. The number of esters is 2. The summed E-state index contributed by atoms with van der Waals surface area (Å²) in [4.78, 5) is 37.6. The number of phenolic OH excluding ortho intramolecular Hbond substituents is 1. The molecule has 0 bridgehead atoms. The molecule has 0 radical (unpaired) electrons. The van der Waals surface area contributed by atoms with Crippen LogP contribution < -0.4 is 0 Å². The van der Waals surface area contributed by atoms with Crippen molar-refractivity contribution < 1.29 is 34.1 Å². The molecule has 7 nitrogen and oxygen atoms in total. The van der Waals surface area contributed by atoms with E-state index in [1.807, 2.05) is 6.92 Å². The van der Waals surface area contributed by atoms with Crippen LogP contribution in [0.1, 0.15) is 25.8 Å². The van der Waals surface area contributed by atoms with Gasteiger partial charge < -0.3 is 19.7 Å². The normalized spacial score (nSPS) is 30.4. The number of fused-ring (bicyclic) bond motifs is 3. The van der Waals surface area contributed by atoms with E-state index in [9.17, 15) is 24.6 Å². The molecular formula is C23H24O7. The highest BCUT2D eigenvalue weighted by molar-refractivity contribution is 6.09. The van der Waals surface area contributed by atoms with E-state index in [0.717, 1.165) is 5.57 Å². The fraction of sp³-hybridized carbons (Fsp3) is 0.435. The van der Waals surface area contributed by atoms with Crippen molar-refractivity contribution in [3.63, 3.8) is 0 Å². The van der Waals surface area contributed by atoms with Crippen molar-refractivity contribution in [2.45, 2.75) is 38.9 Å². The Morgan fingerprint density at radius 2 is 1.93 bits per heavy atom. The Bertz CT molecular complexity index is 956. The van der Waals surface area contributed by atoms with Crippen molar-refractivity contribution in [1.29, 1.82) is 0 Å². The number of phenols is 1. The summed E-state index contributed by atoms with van der Waals surface area (Å²) in [5.74, 6) is -2.33. The average molecular weight is 412 g/mol. The van der Waals surface area contributed by atoms with Gasteiger partial charge in [-0.3, -0.25) is 14.4 Å². The molecule has 0 spiro atoms. The molecular weight excluding hydrogens is 388 g/mol. The minimum Gasteiger partial charge on any atom is -0.508 e. The van der Waals surface area contributed by atoms with Crippen LogP contribution in [0.15, 0.2) is 47.1 Å². The molecule has 7 heteroatoms. The predicted octanol–water partition coefficient (Wildman–Crippen LogP) is 1.86. The Kier molecular flexibility index (Phi) is 5.24. The third-order valence-electron chi connectivity index (χ3n) is 6.35. The number of aliphatic hydroxyl groups excluding tert-OH is 1. The minimum absolute atomic E-state index is 0.0249. The largest absolute Gasteiger partial charge is 0.508 e. The average Bonchev–Trinajstić information content (AvgIpc) is 3.15. The predicted molar refractivity (Wildman–Crippen MR) is 105 cm³/mol. The van der Waals surface area contributed by atoms with Crippen molar-refractivity contribution >= 4 is 17.7 Å². The summed E-state index contributed by atoms with van der Waals surface area (Å²) < 4.78 is 11.5. The number of hydrogen-bond acceptors (Lipinski definition) is 7. The zero-order valence-electron chi connectivity index (χ0n) is 16.8. The Hall–Kier alpha value is -2.93. The number of benzene rings is 1. The second-order valence-electron chi connectivity index (χ2n) is 8.26. The molecule has 2 N–H and O–H groups in total. The second-order valence-corrected chi connectivity index (χ2v) is 8.26. The molecule has 1 aliphatic heterocycles. The van der Waals surface area contributed by atoms with Crippen LogP contribution in [0, 0.1) is 17.8 Å². The first-order valence-corrected chi connectivity index (χ1v) is 10.0. The number of ether oxygens (including phenoxy) is 2. The van der Waals surface area contributed by atoms with E-state index in [0.29, 0.717) is 23.1 Å². The lowest BCUT2D eigenvalue weighted by Crippen LogP contribution is -2.38. The third-order valence-corrected chi connectivity index (χ3v) is 6.35. The SMILES string of the molecule is CC1=C2C(=O)C=C(CO)[C@@H]2[C@H]2OC(=O)[C@@H](C)[C@@H]2[C@@H](OC(=O)Cc2ccc(O)cc2)C1. The zero-order chi connectivity index (χ0) is 21.6. The summed E-state index contributed by atoms with van der Waals surface area (Å²) in [6, 6.07) is 6.29. The Labute approximate surface area is 174 Å². The summed E-state index contributed by atoms with van der Waals surface area (Å²) in [5, 5.41) is 19.2. The van der Waals surface area contributed by atoms with Crippen molar-refractivity contribution in [2.24, 2.45) is 17.8 Å². The fourth-order valence-corrected chi connectivity index (χ4v) is 4.91. The van der Waals surface area contributed by atoms with Gasteiger partial charge >= 0.3 is 11.9 Å². The fourth-order valence-electron chi connectivity index (χ4n) is 4.91. The number of ketones is 1. The highest BCUT2D eigenvalue weighted by Crippen LogP contribution is 2.48. The molecule has 1 aromatic rings. The van der Waals surface area contributed by atoms with Gasteiger partial charge in [0.2, 0.25) is 0 Å². The van der Waals surface area contributed by atoms with Crippen LogP contribution in [0.3, 0.4) is 0 Å². The van der Waals surface area contributed by atoms with E-state index in [1.165, 1.54) is 18.2 Å². The maximum absolute atomic E-state index is 12.6. The smallest absolute Gasteiger partial charge is 0.310 e. The first kappa shape index (κ1) is 20.3. The Balaban J connectivity index is 1.62. The lowest BCUT2D eigenvalue weighted by atomic mass is 9.79. The molecule has 0 amide bonds. The molecule has 2 aliphatic carbocycles. The van der Waals surface area contributed by atoms with Crippen LogP contribution in [0.4, 0.5) is 0 Å². The summed E-state index contributed by atoms with van der Waals surface area (Å²) in [5.41, 5.74) is 2.54. The van der Waals surface area contributed by atoms with Crippen molar-refractivity contribution in [1.82, 2.24) is 0 Å². The molecule has 3 aliphatic rings. The standard InChI is InChI=1S/C23H24O7/c1-11-7-17(29-18(27)8-13-3-5-15(25)6-4-13)20-12(2)23(28)30-22(20)21-14(10-24)9-16(26)19(11)21/h3-6,9,12,17,20-22,24-25H,7-8,10H2,1-2H3/t12-,17-,20+,21-,22-/m0/s1. The quantitative estimate of drug-likeness (QED) is 0.727. The number of carbonyl (C=O) groups excluding carboxylic acids is 3. The van der Waals surface area contributed by atoms with E-state index in [1.54, 1.807) is 19.1 Å². The molecule has 5 atom stereocenters. The van der Waals surface area contributed by atoms with E-state index < -0.39 is 35.9 Å². The van der Waals surface area contributed by atoms with E-state index in [4.69, 9.17) is 9.47 Å². The van der Waals surface area contributed by atoms with Crippen LogP contribution in [-0.2, 0) is 30.3 Å². The molecule has 0 saturated carbocycles. The summed E-state index contributed by atoms with van der Waals surface area (Å²) in [6.45, 7) is 3.27. The molecule has 4 rings (SSSR count). The molecule has 30 heavy (non-hydrogen) atoms. The van der Waals surface area contributed by atoms with Crippen LogP contribution in [0.5, 0.6) is 5.75 Å². The number of carbonyl (C=O) groups is 3. The lowest BCUT2D eigenvalue weighted by Gasteiger charge is -2.29. The van der Waals surface area contributed by atoms with Gasteiger partial charge in [-0.15, -0.1) is 0 Å². The molecule has 1 aromatic carbocycles. The van der Waals surface area contributed by atoms with Crippen molar-refractivity contribution in [3.8, 4) is 5.75 Å². The van der Waals surface area contributed by atoms with Gasteiger partial charge in [-0.25, -0.2) is 0 Å². The number of rotatable bonds is 4. The minimum atomic E-state index is -0.656. The first-order chi connectivity index (χ1) is 14.3. The van der Waals surface area contributed by atoms with Gasteiger partial charge in [0.15, 0.2) is 5.78 Å². The number of aliphatic hydroxyl groups is 1. The van der Waals surface area contributed by atoms with Gasteiger partial charge in [0.1, 0.15) is 18.0 Å². The van der Waals surface area contributed by atoms with Crippen molar-refractivity contribution in [3.05, 3.63) is 52.6 Å². The molecule has 0 aromatic heterocycles. The van der Waals surface area contributed by atoms with E-state index in [-0.39, 0.29) is 30.5 Å². The Morgan fingerprint density at radius 3 is 2.60 bits per heavy atom. The van der Waals surface area contributed by atoms with Gasteiger partial charge in [-0.2, -0.15) is 0 Å². The summed E-state index contributed by atoms with van der Waals surface area (Å²) in [7, 11) is 0. The van der Waals surface area contributed by atoms with Crippen molar-refractivity contribution in [2.75, 3.05) is 6.61 Å². The van der Waals surface area contributed by atoms with Crippen LogP contribution in [0.2, 0.25) is 0 Å². The van der Waals surface area contributed by atoms with Gasteiger partial charge in [0.25, 0.3) is 0 Å². The highest BCUT2D eigenvalue weighted by atomic mass is 16.6. The Morgan fingerprint density at radius 1 is 1.23 bits per heavy atom. The number of allylic oxidation sites excluding steroid dienone is 1. The topological polar surface area (TPSA) is 110 Å². The zero-order valence-corrected chi connectivity index (χ0v) is 16.8. The van der Waals surface area contributed by atoms with E-state index >= 15 is 0 Å². The van der Waals surface area contributed by atoms with Gasteiger partial charge in [-0.1, -0.05) is 24.6 Å². The van der Waals surface area contributed by atoms with Gasteiger partial charge in [0, 0.05) is 23.8 Å².